The van der Waals surface area contributed by atoms with E-state index in [0.29, 0.717) is 11.1 Å². The Bertz CT molecular complexity index is 679. The lowest BCUT2D eigenvalue weighted by atomic mass is 9.69. The number of alkyl halides is 3. The molecule has 0 amide bonds. The average molecular weight is 325 g/mol. The van der Waals surface area contributed by atoms with Gasteiger partial charge in [-0.3, -0.25) is 4.79 Å². The third-order valence-electron chi connectivity index (χ3n) is 3.69. The first-order valence-corrected chi connectivity index (χ1v) is 6.39. The van der Waals surface area contributed by atoms with Crippen LogP contribution >= 0.6 is 0 Å². The van der Waals surface area contributed by atoms with E-state index in [-0.39, 0.29) is 5.69 Å². The normalized spacial score (nSPS) is 13.8. The van der Waals surface area contributed by atoms with Crippen molar-refractivity contribution in [3.05, 3.63) is 28.8 Å². The van der Waals surface area contributed by atoms with Gasteiger partial charge in [0.25, 0.3) is 0 Å². The highest BCUT2D eigenvalue weighted by atomic mass is 19.4. The second-order valence-corrected chi connectivity index (χ2v) is 5.01. The van der Waals surface area contributed by atoms with Crippen molar-refractivity contribution in [3.63, 3.8) is 0 Å². The van der Waals surface area contributed by atoms with Gasteiger partial charge in [0.05, 0.1) is 19.2 Å². The van der Waals surface area contributed by atoms with Crippen molar-refractivity contribution in [2.75, 3.05) is 12.8 Å². The smallest absolute Gasteiger partial charge is 0.411 e. The molecule has 0 aliphatic heterocycles. The summed E-state index contributed by atoms with van der Waals surface area (Å²) in [6.07, 6.45) is -5.22. The van der Waals surface area contributed by atoms with Crippen LogP contribution < -0.4 is 5.73 Å². The Labute approximate surface area is 131 Å². The van der Waals surface area contributed by atoms with E-state index >= 15 is 0 Å². The summed E-state index contributed by atoms with van der Waals surface area (Å²) in [6, 6.07) is 4.61. The van der Waals surface area contributed by atoms with Crippen LogP contribution in [0.5, 0.6) is 0 Å². The van der Waals surface area contributed by atoms with Gasteiger partial charge in [-0.05, 0) is 30.5 Å². The number of nitriles is 2. The number of nitrogens with two attached hydrogens (primary N) is 1. The fraction of sp³-hybridized carbons (Fsp3) is 0.400. The van der Waals surface area contributed by atoms with E-state index in [9.17, 15) is 18.0 Å². The number of benzene rings is 1. The van der Waals surface area contributed by atoms with Crippen molar-refractivity contribution in [1.29, 1.82) is 10.5 Å². The third kappa shape index (κ3) is 2.68. The number of hydrogen-bond acceptors (Lipinski definition) is 5. The zero-order valence-electron chi connectivity index (χ0n) is 12.7. The Morgan fingerprint density at radius 1 is 1.22 bits per heavy atom. The number of esters is 1. The van der Waals surface area contributed by atoms with Gasteiger partial charge in [-0.15, -0.1) is 0 Å². The summed E-state index contributed by atoms with van der Waals surface area (Å²) in [5.74, 6) is -4.03. The van der Waals surface area contributed by atoms with Crippen LogP contribution in [0.2, 0.25) is 0 Å². The number of halogens is 3. The lowest BCUT2D eigenvalue weighted by molar-refractivity contribution is -0.212. The summed E-state index contributed by atoms with van der Waals surface area (Å²) in [6.45, 7) is 2.94. The summed E-state index contributed by atoms with van der Waals surface area (Å²) in [7, 11) is 0.769. The molecule has 0 bridgehead atoms. The van der Waals surface area contributed by atoms with E-state index < -0.39 is 29.0 Å². The molecule has 0 heterocycles. The van der Waals surface area contributed by atoms with Crippen LogP contribution in [0.1, 0.15) is 16.7 Å². The maximum Gasteiger partial charge on any atom is 0.411 e. The SMILES string of the molecule is COC(=O)C(c1cc(C)c(N)c(C)c1)(C(C#N)C#N)C(F)(F)F. The number of aryl methyl sites for hydroxylation is 2. The summed E-state index contributed by atoms with van der Waals surface area (Å²) in [5.41, 5.74) is 2.63. The molecule has 0 aliphatic carbocycles. The van der Waals surface area contributed by atoms with Gasteiger partial charge in [-0.2, -0.15) is 23.7 Å². The van der Waals surface area contributed by atoms with Crippen molar-refractivity contribution >= 4 is 11.7 Å². The van der Waals surface area contributed by atoms with Crippen LogP contribution in [0.3, 0.4) is 0 Å². The fourth-order valence-electron chi connectivity index (χ4n) is 2.43. The summed E-state index contributed by atoms with van der Waals surface area (Å²) in [5, 5.41) is 18.0. The van der Waals surface area contributed by atoms with Gasteiger partial charge >= 0.3 is 12.1 Å². The lowest BCUT2D eigenvalue weighted by Crippen LogP contribution is -2.54. The maximum absolute atomic E-state index is 13.9. The van der Waals surface area contributed by atoms with Crippen molar-refractivity contribution < 1.29 is 22.7 Å². The second kappa shape index (κ2) is 6.17. The van der Waals surface area contributed by atoms with Gasteiger partial charge in [-0.25, -0.2) is 0 Å². The van der Waals surface area contributed by atoms with Crippen molar-refractivity contribution in [1.82, 2.24) is 0 Å². The molecule has 0 saturated carbocycles. The number of carbonyl (C=O) groups excluding carboxylic acids is 1. The number of nitrogen functional groups attached to an aromatic ring is 1. The first-order chi connectivity index (χ1) is 10.6. The van der Waals surface area contributed by atoms with Gasteiger partial charge in [0, 0.05) is 5.69 Å². The van der Waals surface area contributed by atoms with E-state index in [2.05, 4.69) is 4.74 Å². The van der Waals surface area contributed by atoms with E-state index in [0.717, 1.165) is 19.2 Å². The minimum Gasteiger partial charge on any atom is -0.468 e. The Morgan fingerprint density at radius 3 is 1.96 bits per heavy atom. The minimum atomic E-state index is -5.22. The molecule has 8 heteroatoms. The third-order valence-corrected chi connectivity index (χ3v) is 3.69. The molecular formula is C15H14F3N3O2. The summed E-state index contributed by atoms with van der Waals surface area (Å²) < 4.78 is 45.9. The zero-order valence-corrected chi connectivity index (χ0v) is 12.7. The highest BCUT2D eigenvalue weighted by Crippen LogP contribution is 2.48. The molecule has 1 rings (SSSR count). The molecule has 0 fully saturated rings. The molecular weight excluding hydrogens is 311 g/mol. The molecule has 23 heavy (non-hydrogen) atoms. The van der Waals surface area contributed by atoms with Gasteiger partial charge in [-0.1, -0.05) is 12.1 Å². The topological polar surface area (TPSA) is 99.9 Å². The monoisotopic (exact) mass is 325 g/mol. The number of hydrogen-bond donors (Lipinski definition) is 1. The summed E-state index contributed by atoms with van der Waals surface area (Å²) >= 11 is 0. The van der Waals surface area contributed by atoms with Gasteiger partial charge in [0.1, 0.15) is 0 Å². The predicted octanol–water partition coefficient (Wildman–Crippen LogP) is 2.52. The van der Waals surface area contributed by atoms with Gasteiger partial charge in [0.2, 0.25) is 5.41 Å². The molecule has 1 unspecified atom stereocenters. The van der Waals surface area contributed by atoms with E-state index in [1.807, 2.05) is 0 Å². The number of nitrogens with zero attached hydrogens (tertiary/aromatic N) is 2. The Kier molecular flexibility index (Phi) is 4.91. The molecule has 122 valence electrons. The number of rotatable bonds is 3. The van der Waals surface area contributed by atoms with Crippen LogP contribution in [-0.2, 0) is 14.9 Å². The molecule has 1 aromatic carbocycles. The van der Waals surface area contributed by atoms with Crippen molar-refractivity contribution in [3.8, 4) is 12.1 Å². The summed E-state index contributed by atoms with van der Waals surface area (Å²) in [4.78, 5) is 12.1. The molecule has 1 atom stereocenters. The van der Waals surface area contributed by atoms with Crippen molar-refractivity contribution in [2.45, 2.75) is 25.4 Å². The first kappa shape index (κ1) is 18.3. The zero-order chi connectivity index (χ0) is 18.0. The van der Waals surface area contributed by atoms with Crippen LogP contribution in [0.15, 0.2) is 12.1 Å². The van der Waals surface area contributed by atoms with Crippen LogP contribution in [-0.4, -0.2) is 19.3 Å². The molecule has 0 saturated heterocycles. The van der Waals surface area contributed by atoms with E-state index in [4.69, 9.17) is 16.3 Å². The highest BCUT2D eigenvalue weighted by Gasteiger charge is 2.68. The molecule has 0 aromatic heterocycles. The van der Waals surface area contributed by atoms with Gasteiger partial charge < -0.3 is 10.5 Å². The molecule has 2 N–H and O–H groups in total. The van der Waals surface area contributed by atoms with Crippen molar-refractivity contribution in [2.24, 2.45) is 5.92 Å². The fourth-order valence-corrected chi connectivity index (χ4v) is 2.43. The van der Waals surface area contributed by atoms with Crippen LogP contribution in [0.4, 0.5) is 18.9 Å². The number of anilines is 1. The standard InChI is InChI=1S/C15H14F3N3O2/c1-8-4-10(5-9(2)12(8)21)14(13(22)23-3,15(16,17)18)11(6-19)7-20/h4-5,11H,21H2,1-3H3. The number of ether oxygens (including phenoxy) is 1. The maximum atomic E-state index is 13.9. The number of methoxy groups -OCH3 is 1. The molecule has 1 aromatic rings. The first-order valence-electron chi connectivity index (χ1n) is 6.39. The van der Waals surface area contributed by atoms with Crippen LogP contribution in [0.25, 0.3) is 0 Å². The molecule has 0 aliphatic rings. The number of carbonyl (C=O) groups is 1. The Hall–Kier alpha value is -2.74. The van der Waals surface area contributed by atoms with Crippen LogP contribution in [0, 0.1) is 42.4 Å². The minimum absolute atomic E-state index is 0.264. The van der Waals surface area contributed by atoms with E-state index in [1.165, 1.54) is 26.0 Å². The molecule has 0 spiro atoms. The second-order valence-electron chi connectivity index (χ2n) is 5.01. The van der Waals surface area contributed by atoms with Gasteiger partial charge in [0.15, 0.2) is 5.92 Å². The largest absolute Gasteiger partial charge is 0.468 e. The molecule has 0 radical (unpaired) electrons. The lowest BCUT2D eigenvalue weighted by Gasteiger charge is -2.34. The Morgan fingerprint density at radius 2 is 1.65 bits per heavy atom. The average Bonchev–Trinajstić information content (AvgIpc) is 2.47. The Balaban J connectivity index is 3.95. The van der Waals surface area contributed by atoms with E-state index in [1.54, 1.807) is 0 Å². The quantitative estimate of drug-likeness (QED) is 0.680. The molecule has 5 nitrogen and oxygen atoms in total. The predicted molar refractivity (Wildman–Crippen MR) is 74.8 cm³/mol. The highest BCUT2D eigenvalue weighted by molar-refractivity contribution is 5.86.